The quantitative estimate of drug-likeness (QED) is 0.629. The Morgan fingerprint density at radius 3 is 2.65 bits per heavy atom. The number of Topliss-reactive ketones (excluding diaryl/α,β-unsaturated/α-hetero) is 1. The third-order valence-electron chi connectivity index (χ3n) is 4.19. The van der Waals surface area contributed by atoms with Gasteiger partial charge in [-0.1, -0.05) is 54.2 Å². The van der Waals surface area contributed by atoms with E-state index in [9.17, 15) is 14.4 Å². The molecule has 0 aromatic heterocycles. The number of aliphatic imine (C=N–C) groups is 1. The first kappa shape index (κ1) is 18.2. The van der Waals surface area contributed by atoms with Crippen molar-refractivity contribution in [3.8, 4) is 0 Å². The predicted molar refractivity (Wildman–Crippen MR) is 101 cm³/mol. The van der Waals surface area contributed by atoms with Crippen LogP contribution in [0.25, 0.3) is 0 Å². The fraction of sp³-hybridized carbons (Fsp3) is 0.333. The molecule has 136 valence electrons. The summed E-state index contributed by atoms with van der Waals surface area (Å²) in [6, 6.07) is 7.95. The van der Waals surface area contributed by atoms with Crippen LogP contribution in [0.1, 0.15) is 17.3 Å². The van der Waals surface area contributed by atoms with E-state index >= 15 is 0 Å². The number of nitrogens with zero attached hydrogens (tertiary/aromatic N) is 3. The van der Waals surface area contributed by atoms with E-state index in [2.05, 4.69) is 16.9 Å². The number of likely N-dealkylation sites (N-methyl/N-ethyl adjacent to an activating group) is 1. The summed E-state index contributed by atoms with van der Waals surface area (Å²) < 4.78 is 0. The average molecular weight is 372 g/mol. The van der Waals surface area contributed by atoms with Crippen LogP contribution < -0.4 is 5.32 Å². The van der Waals surface area contributed by atoms with Gasteiger partial charge in [-0.25, -0.2) is 9.79 Å². The van der Waals surface area contributed by atoms with Crippen LogP contribution >= 0.6 is 11.8 Å². The number of amides is 3. The van der Waals surface area contributed by atoms with Crippen molar-refractivity contribution >= 4 is 34.7 Å². The van der Waals surface area contributed by atoms with Gasteiger partial charge in [-0.2, -0.15) is 0 Å². The topological polar surface area (TPSA) is 82.1 Å². The van der Waals surface area contributed by atoms with E-state index in [0.29, 0.717) is 17.3 Å². The van der Waals surface area contributed by atoms with Gasteiger partial charge in [0, 0.05) is 19.2 Å². The SMILES string of the molecule is C=C(C)CN1C(SCC(=O)c2ccccc2)=NC2C1C(=O)NC(=O)N2C. The number of nitrogens with one attached hydrogen (secondary N) is 1. The lowest BCUT2D eigenvalue weighted by atomic mass is 10.1. The molecule has 8 heteroatoms. The normalized spacial score (nSPS) is 22.0. The molecule has 0 radical (unpaired) electrons. The van der Waals surface area contributed by atoms with E-state index < -0.39 is 18.2 Å². The van der Waals surface area contributed by atoms with Crippen molar-refractivity contribution in [3.63, 3.8) is 0 Å². The number of amidine groups is 1. The second kappa shape index (κ2) is 7.33. The number of hydrogen-bond acceptors (Lipinski definition) is 6. The average Bonchev–Trinajstić information content (AvgIpc) is 2.97. The van der Waals surface area contributed by atoms with Crippen molar-refractivity contribution in [2.45, 2.75) is 19.1 Å². The summed E-state index contributed by atoms with van der Waals surface area (Å²) in [4.78, 5) is 44.3. The first-order valence-corrected chi connectivity index (χ1v) is 9.14. The number of benzene rings is 1. The molecular formula is C18H20N4O3S. The van der Waals surface area contributed by atoms with E-state index in [4.69, 9.17) is 0 Å². The van der Waals surface area contributed by atoms with Crippen molar-refractivity contribution < 1.29 is 14.4 Å². The molecule has 0 aliphatic carbocycles. The standard InChI is InChI=1S/C18H20N4O3S/c1-11(2)9-22-14-15(21(3)17(25)20-16(14)24)19-18(22)26-10-13(23)12-7-5-4-6-8-12/h4-8,14-15H,1,9-10H2,2-3H3,(H,20,24,25). The first-order valence-electron chi connectivity index (χ1n) is 8.16. The highest BCUT2D eigenvalue weighted by molar-refractivity contribution is 8.14. The molecule has 2 aliphatic heterocycles. The maximum absolute atomic E-state index is 12.4. The van der Waals surface area contributed by atoms with Crippen LogP contribution in [0.3, 0.4) is 0 Å². The minimum atomic E-state index is -0.608. The zero-order valence-electron chi connectivity index (χ0n) is 14.6. The second-order valence-electron chi connectivity index (χ2n) is 6.34. The van der Waals surface area contributed by atoms with Crippen molar-refractivity contribution in [1.82, 2.24) is 15.1 Å². The minimum absolute atomic E-state index is 0.0164. The molecule has 1 aromatic carbocycles. The Morgan fingerprint density at radius 1 is 1.31 bits per heavy atom. The minimum Gasteiger partial charge on any atom is -0.332 e. The Balaban J connectivity index is 1.79. The van der Waals surface area contributed by atoms with E-state index in [1.165, 1.54) is 16.7 Å². The van der Waals surface area contributed by atoms with Gasteiger partial charge < -0.3 is 9.80 Å². The highest BCUT2D eigenvalue weighted by Crippen LogP contribution is 2.29. The smallest absolute Gasteiger partial charge is 0.325 e. The van der Waals surface area contributed by atoms with Crippen LogP contribution in [0.2, 0.25) is 0 Å². The Bertz CT molecular complexity index is 793. The molecule has 26 heavy (non-hydrogen) atoms. The fourth-order valence-corrected chi connectivity index (χ4v) is 3.87. The van der Waals surface area contributed by atoms with Crippen LogP contribution in [-0.2, 0) is 4.79 Å². The predicted octanol–water partition coefficient (Wildman–Crippen LogP) is 1.73. The largest absolute Gasteiger partial charge is 0.332 e. The number of fused-ring (bicyclic) bond motifs is 1. The highest BCUT2D eigenvalue weighted by atomic mass is 32.2. The molecule has 2 atom stereocenters. The number of carbonyl (C=O) groups is 3. The van der Waals surface area contributed by atoms with Crippen LogP contribution in [-0.4, -0.2) is 64.2 Å². The van der Waals surface area contributed by atoms with Crippen molar-refractivity contribution in [2.75, 3.05) is 19.3 Å². The number of thioether (sulfide) groups is 1. The number of carbonyl (C=O) groups excluding carboxylic acids is 3. The van der Waals surface area contributed by atoms with Gasteiger partial charge in [-0.3, -0.25) is 14.9 Å². The molecule has 1 N–H and O–H groups in total. The first-order chi connectivity index (χ1) is 12.4. The molecule has 0 saturated carbocycles. The summed E-state index contributed by atoms with van der Waals surface area (Å²) >= 11 is 1.28. The third kappa shape index (κ3) is 3.50. The fourth-order valence-electron chi connectivity index (χ4n) is 2.92. The van der Waals surface area contributed by atoms with E-state index in [0.717, 1.165) is 5.57 Å². The molecular weight excluding hydrogens is 352 g/mol. The summed E-state index contributed by atoms with van der Waals surface area (Å²) in [5.74, 6) is -0.195. The lowest BCUT2D eigenvalue weighted by Gasteiger charge is -2.36. The molecule has 3 rings (SSSR count). The summed E-state index contributed by atoms with van der Waals surface area (Å²) in [5, 5.41) is 2.92. The highest BCUT2D eigenvalue weighted by Gasteiger charge is 2.48. The third-order valence-corrected chi connectivity index (χ3v) is 5.20. The van der Waals surface area contributed by atoms with Gasteiger partial charge in [0.1, 0.15) is 0 Å². The van der Waals surface area contributed by atoms with Crippen molar-refractivity contribution in [3.05, 3.63) is 48.0 Å². The van der Waals surface area contributed by atoms with Gasteiger partial charge in [0.25, 0.3) is 5.91 Å². The molecule has 2 unspecified atom stereocenters. The van der Waals surface area contributed by atoms with Gasteiger partial charge in [0.15, 0.2) is 23.2 Å². The zero-order chi connectivity index (χ0) is 18.8. The monoisotopic (exact) mass is 372 g/mol. The molecule has 0 bridgehead atoms. The van der Waals surface area contributed by atoms with Gasteiger partial charge in [-0.05, 0) is 6.92 Å². The maximum atomic E-state index is 12.4. The van der Waals surface area contributed by atoms with Crippen LogP contribution in [0, 0.1) is 0 Å². The number of ketones is 1. The molecule has 1 saturated heterocycles. The second-order valence-corrected chi connectivity index (χ2v) is 7.28. The maximum Gasteiger partial charge on any atom is 0.325 e. The number of rotatable bonds is 5. The number of imide groups is 1. The van der Waals surface area contributed by atoms with Gasteiger partial charge in [-0.15, -0.1) is 0 Å². The molecule has 0 spiro atoms. The summed E-state index contributed by atoms with van der Waals surface area (Å²) in [6.45, 7) is 6.20. The van der Waals surface area contributed by atoms with Crippen LogP contribution in [0.5, 0.6) is 0 Å². The number of urea groups is 1. The van der Waals surface area contributed by atoms with Crippen molar-refractivity contribution in [1.29, 1.82) is 0 Å². The molecule has 1 aromatic rings. The Morgan fingerprint density at radius 2 is 2.00 bits per heavy atom. The van der Waals surface area contributed by atoms with Gasteiger partial charge in [0.2, 0.25) is 0 Å². The molecule has 1 fully saturated rings. The van der Waals surface area contributed by atoms with E-state index in [-0.39, 0.29) is 17.4 Å². The van der Waals surface area contributed by atoms with Gasteiger partial charge >= 0.3 is 6.03 Å². The van der Waals surface area contributed by atoms with Crippen LogP contribution in [0.4, 0.5) is 4.79 Å². The summed E-state index contributed by atoms with van der Waals surface area (Å²) in [5.41, 5.74) is 1.49. The van der Waals surface area contributed by atoms with Gasteiger partial charge in [0.05, 0.1) is 5.75 Å². The molecule has 7 nitrogen and oxygen atoms in total. The summed E-state index contributed by atoms with van der Waals surface area (Å²) in [7, 11) is 1.60. The molecule has 2 heterocycles. The molecule has 2 aliphatic rings. The Hall–Kier alpha value is -2.61. The lowest BCUT2D eigenvalue weighted by molar-refractivity contribution is -0.126. The summed E-state index contributed by atoms with van der Waals surface area (Å²) in [6.07, 6.45) is -0.593. The van der Waals surface area contributed by atoms with Crippen molar-refractivity contribution in [2.24, 2.45) is 4.99 Å². The lowest BCUT2D eigenvalue weighted by Crippen LogP contribution is -2.63. The Kier molecular flexibility index (Phi) is 5.13. The van der Waals surface area contributed by atoms with E-state index in [1.54, 1.807) is 19.2 Å². The van der Waals surface area contributed by atoms with E-state index in [1.807, 2.05) is 30.0 Å². The van der Waals surface area contributed by atoms with Crippen LogP contribution in [0.15, 0.2) is 47.5 Å². The zero-order valence-corrected chi connectivity index (χ0v) is 15.5. The molecule has 3 amide bonds. The Labute approximate surface area is 156 Å². The number of hydrogen-bond donors (Lipinski definition) is 1.